The number of hydrogen-bond donors (Lipinski definition) is 1. The molecule has 7 heteroatoms. The van der Waals surface area contributed by atoms with E-state index < -0.39 is 27.5 Å². The number of carbonyl (C=O) groups excluding carboxylic acids is 1. The van der Waals surface area contributed by atoms with Gasteiger partial charge in [0.2, 0.25) is 9.84 Å². The Morgan fingerprint density at radius 2 is 1.42 bits per heavy atom. The van der Waals surface area contributed by atoms with E-state index in [0.717, 1.165) is 11.1 Å². The molecule has 0 saturated carbocycles. The first-order chi connectivity index (χ1) is 15.7. The second-order valence-corrected chi connectivity index (χ2v) is 9.86. The molecule has 1 N–H and O–H groups in total. The zero-order chi connectivity index (χ0) is 23.8. The highest BCUT2D eigenvalue weighted by Gasteiger charge is 2.47. The molecule has 3 aromatic carbocycles. The summed E-state index contributed by atoms with van der Waals surface area (Å²) in [6, 6.07) is 19.3. The highest BCUT2D eigenvalue weighted by molar-refractivity contribution is 7.95. The predicted molar refractivity (Wildman–Crippen MR) is 127 cm³/mol. The molecule has 33 heavy (non-hydrogen) atoms. The molecule has 0 aromatic heterocycles. The standard InChI is InChI=1S/C26H25NO5S/c1-4-32-21-13-9-19(10-14-21)23-25(33(30,31)22-15-7-18(3)8-16-22)24(28)26(29)27(23)20-11-5-17(2)6-12-20/h5-16,23,28H,4H2,1-3H3/t23-/m0/s1. The van der Waals surface area contributed by atoms with Crippen molar-refractivity contribution in [3.05, 3.63) is 100 Å². The lowest BCUT2D eigenvalue weighted by Gasteiger charge is -2.27. The van der Waals surface area contributed by atoms with Crippen molar-refractivity contribution in [1.29, 1.82) is 0 Å². The third kappa shape index (κ3) is 4.12. The number of benzene rings is 3. The summed E-state index contributed by atoms with van der Waals surface area (Å²) in [5.74, 6) is -0.901. The zero-order valence-corrected chi connectivity index (χ0v) is 19.5. The van der Waals surface area contributed by atoms with E-state index in [1.54, 1.807) is 48.5 Å². The Kier molecular flexibility index (Phi) is 5.99. The van der Waals surface area contributed by atoms with Crippen LogP contribution in [0.2, 0.25) is 0 Å². The van der Waals surface area contributed by atoms with Crippen molar-refractivity contribution in [3.63, 3.8) is 0 Å². The lowest BCUT2D eigenvalue weighted by Crippen LogP contribution is -2.31. The number of aliphatic hydroxyl groups excluding tert-OH is 1. The van der Waals surface area contributed by atoms with Gasteiger partial charge in [0.15, 0.2) is 5.76 Å². The van der Waals surface area contributed by atoms with Crippen molar-refractivity contribution in [3.8, 4) is 5.75 Å². The van der Waals surface area contributed by atoms with Crippen LogP contribution in [-0.2, 0) is 14.6 Å². The van der Waals surface area contributed by atoms with Crippen LogP contribution in [0.4, 0.5) is 5.69 Å². The first kappa shape index (κ1) is 22.6. The van der Waals surface area contributed by atoms with Crippen LogP contribution < -0.4 is 9.64 Å². The molecule has 0 bridgehead atoms. The van der Waals surface area contributed by atoms with Gasteiger partial charge in [-0.2, -0.15) is 0 Å². The summed E-state index contributed by atoms with van der Waals surface area (Å²) in [6.07, 6.45) is 0. The molecule has 0 unspecified atom stereocenters. The molecular formula is C26H25NO5S. The Balaban J connectivity index is 1.90. The minimum atomic E-state index is -4.17. The number of nitrogens with zero attached hydrogens (tertiary/aromatic N) is 1. The van der Waals surface area contributed by atoms with Crippen molar-refractivity contribution in [2.24, 2.45) is 0 Å². The molecule has 0 saturated heterocycles. The van der Waals surface area contributed by atoms with Crippen molar-refractivity contribution < 1.29 is 23.1 Å². The van der Waals surface area contributed by atoms with Crippen LogP contribution in [0.15, 0.2) is 88.4 Å². The van der Waals surface area contributed by atoms with Gasteiger partial charge in [0, 0.05) is 5.69 Å². The summed E-state index contributed by atoms with van der Waals surface area (Å²) in [5.41, 5.74) is 2.93. The number of aliphatic hydroxyl groups is 1. The summed E-state index contributed by atoms with van der Waals surface area (Å²) in [5, 5.41) is 10.9. The molecule has 3 aromatic rings. The quantitative estimate of drug-likeness (QED) is 0.554. The van der Waals surface area contributed by atoms with Crippen molar-refractivity contribution in [2.45, 2.75) is 31.7 Å². The van der Waals surface area contributed by atoms with E-state index in [9.17, 15) is 18.3 Å². The van der Waals surface area contributed by atoms with Gasteiger partial charge in [-0.25, -0.2) is 8.42 Å². The fraction of sp³-hybridized carbons (Fsp3) is 0.192. The van der Waals surface area contributed by atoms with Gasteiger partial charge in [-0.1, -0.05) is 47.5 Å². The average Bonchev–Trinajstić information content (AvgIpc) is 3.07. The van der Waals surface area contributed by atoms with Crippen LogP contribution in [-0.4, -0.2) is 26.0 Å². The number of amides is 1. The Hall–Kier alpha value is -3.58. The van der Waals surface area contributed by atoms with Crippen molar-refractivity contribution in [1.82, 2.24) is 0 Å². The van der Waals surface area contributed by atoms with Crippen molar-refractivity contribution in [2.75, 3.05) is 11.5 Å². The minimum absolute atomic E-state index is 0.0177. The van der Waals surface area contributed by atoms with Crippen LogP contribution in [0.25, 0.3) is 0 Å². The van der Waals surface area contributed by atoms with E-state index in [0.29, 0.717) is 23.6 Å². The normalized spacial score (nSPS) is 16.4. The molecule has 0 radical (unpaired) electrons. The average molecular weight is 464 g/mol. The van der Waals surface area contributed by atoms with Crippen LogP contribution in [0.1, 0.15) is 29.7 Å². The van der Waals surface area contributed by atoms with Crippen LogP contribution in [0.3, 0.4) is 0 Å². The lowest BCUT2D eigenvalue weighted by molar-refractivity contribution is -0.117. The van der Waals surface area contributed by atoms with E-state index in [4.69, 9.17) is 4.74 Å². The van der Waals surface area contributed by atoms with Crippen LogP contribution in [0, 0.1) is 13.8 Å². The fourth-order valence-electron chi connectivity index (χ4n) is 3.89. The Bertz CT molecular complexity index is 1310. The van der Waals surface area contributed by atoms with Gasteiger partial charge in [0.1, 0.15) is 16.7 Å². The summed E-state index contributed by atoms with van der Waals surface area (Å²) in [7, 11) is -4.17. The summed E-state index contributed by atoms with van der Waals surface area (Å²) in [6.45, 7) is 6.14. The molecule has 1 atom stereocenters. The first-order valence-electron chi connectivity index (χ1n) is 10.6. The topological polar surface area (TPSA) is 83.9 Å². The van der Waals surface area contributed by atoms with Crippen LogP contribution >= 0.6 is 0 Å². The third-order valence-corrected chi connectivity index (χ3v) is 7.49. The summed E-state index contributed by atoms with van der Waals surface area (Å²) >= 11 is 0. The number of hydrogen-bond acceptors (Lipinski definition) is 5. The fourth-order valence-corrected chi connectivity index (χ4v) is 5.51. The monoisotopic (exact) mass is 463 g/mol. The second kappa shape index (κ2) is 8.75. The van der Waals surface area contributed by atoms with E-state index in [1.165, 1.54) is 17.0 Å². The maximum Gasteiger partial charge on any atom is 0.295 e. The van der Waals surface area contributed by atoms with E-state index in [1.807, 2.05) is 32.9 Å². The van der Waals surface area contributed by atoms with Gasteiger partial charge in [-0.3, -0.25) is 9.69 Å². The molecule has 6 nitrogen and oxygen atoms in total. The summed E-state index contributed by atoms with van der Waals surface area (Å²) in [4.78, 5) is 14.2. The van der Waals surface area contributed by atoms with Gasteiger partial charge in [-0.05, 0) is 62.7 Å². The molecule has 0 fully saturated rings. The number of rotatable bonds is 6. The molecule has 1 heterocycles. The number of carbonyl (C=O) groups is 1. The van der Waals surface area contributed by atoms with E-state index in [2.05, 4.69) is 0 Å². The zero-order valence-electron chi connectivity index (χ0n) is 18.6. The molecule has 170 valence electrons. The first-order valence-corrected chi connectivity index (χ1v) is 12.1. The lowest BCUT2D eigenvalue weighted by atomic mass is 10.1. The number of anilines is 1. The minimum Gasteiger partial charge on any atom is -0.502 e. The summed E-state index contributed by atoms with van der Waals surface area (Å²) < 4.78 is 32.8. The molecule has 0 spiro atoms. The smallest absolute Gasteiger partial charge is 0.295 e. The van der Waals surface area contributed by atoms with E-state index >= 15 is 0 Å². The number of sulfone groups is 1. The molecule has 1 amide bonds. The molecule has 0 aliphatic carbocycles. The molecule has 1 aliphatic heterocycles. The van der Waals surface area contributed by atoms with Crippen LogP contribution in [0.5, 0.6) is 5.75 Å². The van der Waals surface area contributed by atoms with E-state index in [-0.39, 0.29) is 9.80 Å². The molecule has 4 rings (SSSR count). The molecule has 1 aliphatic rings. The number of ether oxygens (including phenoxy) is 1. The van der Waals surface area contributed by atoms with Gasteiger partial charge >= 0.3 is 0 Å². The Morgan fingerprint density at radius 3 is 1.97 bits per heavy atom. The van der Waals surface area contributed by atoms with Gasteiger partial charge in [0.05, 0.1) is 11.5 Å². The number of aryl methyl sites for hydroxylation is 2. The second-order valence-electron chi connectivity index (χ2n) is 7.94. The Labute approximate surface area is 193 Å². The Morgan fingerprint density at radius 1 is 0.879 bits per heavy atom. The predicted octanol–water partition coefficient (Wildman–Crippen LogP) is 5.03. The molecular weight excluding hydrogens is 438 g/mol. The largest absolute Gasteiger partial charge is 0.502 e. The maximum absolute atomic E-state index is 13.7. The third-order valence-electron chi connectivity index (χ3n) is 5.60. The van der Waals surface area contributed by atoms with Crippen molar-refractivity contribution >= 4 is 21.4 Å². The van der Waals surface area contributed by atoms with Gasteiger partial charge in [0.25, 0.3) is 5.91 Å². The highest BCUT2D eigenvalue weighted by atomic mass is 32.2. The van der Waals surface area contributed by atoms with Gasteiger partial charge in [-0.15, -0.1) is 0 Å². The SMILES string of the molecule is CCOc1ccc([C@H]2C(S(=O)(=O)c3ccc(C)cc3)=C(O)C(=O)N2c2ccc(C)cc2)cc1. The van der Waals surface area contributed by atoms with Gasteiger partial charge < -0.3 is 9.84 Å². The highest BCUT2D eigenvalue weighted by Crippen LogP contribution is 2.45. The maximum atomic E-state index is 13.7.